The van der Waals surface area contributed by atoms with Crippen LogP contribution in [0.15, 0.2) is 29.8 Å². The van der Waals surface area contributed by atoms with Crippen molar-refractivity contribution in [3.63, 3.8) is 0 Å². The van der Waals surface area contributed by atoms with Crippen molar-refractivity contribution in [3.05, 3.63) is 35.5 Å². The van der Waals surface area contributed by atoms with E-state index < -0.39 is 5.97 Å². The van der Waals surface area contributed by atoms with Crippen LogP contribution in [0.3, 0.4) is 0 Å². The summed E-state index contributed by atoms with van der Waals surface area (Å²) in [7, 11) is 0. The summed E-state index contributed by atoms with van der Waals surface area (Å²) in [5.74, 6) is -1.26. The summed E-state index contributed by atoms with van der Waals surface area (Å²) in [6.07, 6.45) is 1.63. The molecule has 0 N–H and O–H groups in total. The maximum atomic E-state index is 10.5. The molecule has 2 rings (SSSR count). The van der Waals surface area contributed by atoms with E-state index in [1.54, 1.807) is 18.3 Å². The predicted molar refractivity (Wildman–Crippen MR) is 49.7 cm³/mol. The molecule has 2 heterocycles. The van der Waals surface area contributed by atoms with Crippen molar-refractivity contribution in [2.24, 2.45) is 0 Å². The van der Waals surface area contributed by atoms with Crippen molar-refractivity contribution in [3.8, 4) is 10.7 Å². The maximum absolute atomic E-state index is 10.5. The molecule has 0 saturated heterocycles. The molecule has 2 aromatic rings. The molecule has 0 radical (unpaired) electrons. The molecule has 0 aliphatic rings. The Bertz CT molecular complexity index is 453. The lowest BCUT2D eigenvalue weighted by Crippen LogP contribution is -2.22. The van der Waals surface area contributed by atoms with Crippen molar-refractivity contribution in [1.29, 1.82) is 0 Å². The third-order valence-corrected chi connectivity index (χ3v) is 2.46. The van der Waals surface area contributed by atoms with E-state index in [1.807, 2.05) is 6.07 Å². The first-order valence-corrected chi connectivity index (χ1v) is 4.73. The van der Waals surface area contributed by atoms with Crippen molar-refractivity contribution in [1.82, 2.24) is 9.97 Å². The van der Waals surface area contributed by atoms with E-state index in [9.17, 15) is 9.90 Å². The average molecular weight is 205 g/mol. The number of nitrogens with zero attached hydrogens (tertiary/aromatic N) is 2. The highest BCUT2D eigenvalue weighted by atomic mass is 32.1. The molecule has 0 spiro atoms. The summed E-state index contributed by atoms with van der Waals surface area (Å²) in [5, 5.41) is 12.5. The van der Waals surface area contributed by atoms with E-state index >= 15 is 0 Å². The molecular formula is C9H5N2O2S-. The molecule has 0 fully saturated rings. The van der Waals surface area contributed by atoms with Gasteiger partial charge in [-0.15, -0.1) is 11.3 Å². The van der Waals surface area contributed by atoms with Gasteiger partial charge >= 0.3 is 0 Å². The number of thiazole rings is 1. The quantitative estimate of drug-likeness (QED) is 0.718. The van der Waals surface area contributed by atoms with Gasteiger partial charge in [-0.25, -0.2) is 4.98 Å². The Kier molecular flexibility index (Phi) is 2.24. The lowest BCUT2D eigenvalue weighted by molar-refractivity contribution is -0.255. The minimum Gasteiger partial charge on any atom is -0.543 e. The number of carbonyl (C=O) groups excluding carboxylic acids is 1. The Labute approximate surface area is 83.9 Å². The second-order valence-corrected chi connectivity index (χ2v) is 3.40. The summed E-state index contributed by atoms with van der Waals surface area (Å²) in [5.41, 5.74) is 0.626. The fourth-order valence-electron chi connectivity index (χ4n) is 0.974. The van der Waals surface area contributed by atoms with Crippen LogP contribution in [0.25, 0.3) is 10.7 Å². The molecule has 0 amide bonds. The fourth-order valence-corrected chi connectivity index (χ4v) is 1.74. The molecule has 0 aliphatic heterocycles. The number of carbonyl (C=O) groups is 1. The molecule has 4 nitrogen and oxygen atoms in total. The number of carboxylic acid groups (broad SMARTS) is 1. The van der Waals surface area contributed by atoms with Crippen molar-refractivity contribution < 1.29 is 9.90 Å². The van der Waals surface area contributed by atoms with Gasteiger partial charge in [-0.1, -0.05) is 6.07 Å². The van der Waals surface area contributed by atoms with E-state index in [4.69, 9.17) is 0 Å². The zero-order valence-electron chi connectivity index (χ0n) is 7.01. The molecule has 2 aromatic heterocycles. The first kappa shape index (κ1) is 8.83. The molecule has 0 unspecified atom stereocenters. The van der Waals surface area contributed by atoms with Gasteiger partial charge in [0, 0.05) is 11.6 Å². The van der Waals surface area contributed by atoms with Crippen LogP contribution in [0.5, 0.6) is 0 Å². The van der Waals surface area contributed by atoms with Gasteiger partial charge in [-0.05, 0) is 12.1 Å². The third kappa shape index (κ3) is 1.62. The predicted octanol–water partition coefficient (Wildman–Crippen LogP) is 0.569. The summed E-state index contributed by atoms with van der Waals surface area (Å²) in [4.78, 5) is 18.4. The minimum atomic E-state index is -1.26. The maximum Gasteiger partial charge on any atom is 0.142 e. The van der Waals surface area contributed by atoms with Crippen molar-refractivity contribution >= 4 is 17.3 Å². The monoisotopic (exact) mass is 205 g/mol. The normalized spacial score (nSPS) is 10.0. The number of hydrogen-bond acceptors (Lipinski definition) is 5. The highest BCUT2D eigenvalue weighted by Gasteiger charge is 2.05. The van der Waals surface area contributed by atoms with Gasteiger partial charge in [-0.2, -0.15) is 0 Å². The van der Waals surface area contributed by atoms with Crippen LogP contribution in [0, 0.1) is 0 Å². The second kappa shape index (κ2) is 3.55. The smallest absolute Gasteiger partial charge is 0.142 e. The highest BCUT2D eigenvalue weighted by Crippen LogP contribution is 2.20. The van der Waals surface area contributed by atoms with Crippen molar-refractivity contribution in [2.45, 2.75) is 0 Å². The van der Waals surface area contributed by atoms with E-state index in [0.29, 0.717) is 10.7 Å². The Morgan fingerprint density at radius 3 is 2.86 bits per heavy atom. The van der Waals surface area contributed by atoms with E-state index in [-0.39, 0.29) is 5.69 Å². The molecule has 0 bridgehead atoms. The number of rotatable bonds is 2. The van der Waals surface area contributed by atoms with Crippen molar-refractivity contribution in [2.75, 3.05) is 0 Å². The van der Waals surface area contributed by atoms with Gasteiger partial charge in [-0.3, -0.25) is 4.98 Å². The Morgan fingerprint density at radius 1 is 1.43 bits per heavy atom. The molecule has 0 aliphatic carbocycles. The zero-order chi connectivity index (χ0) is 9.97. The molecule has 0 atom stereocenters. The largest absolute Gasteiger partial charge is 0.543 e. The lowest BCUT2D eigenvalue weighted by atomic mass is 10.4. The number of aromatic nitrogens is 2. The number of aromatic carboxylic acids is 1. The van der Waals surface area contributed by atoms with Gasteiger partial charge in [0.1, 0.15) is 5.01 Å². The summed E-state index contributed by atoms with van der Waals surface area (Å²) in [6, 6.07) is 5.39. The second-order valence-electron chi connectivity index (χ2n) is 2.54. The molecule has 14 heavy (non-hydrogen) atoms. The molecule has 0 saturated carbocycles. The van der Waals surface area contributed by atoms with Crippen LogP contribution in [-0.4, -0.2) is 15.9 Å². The Morgan fingerprint density at radius 2 is 2.29 bits per heavy atom. The van der Waals surface area contributed by atoms with Crippen LogP contribution in [0.2, 0.25) is 0 Å². The minimum absolute atomic E-state index is 0.0457. The Balaban J connectivity index is 2.39. The van der Waals surface area contributed by atoms with Crippen LogP contribution in [0.4, 0.5) is 0 Å². The van der Waals surface area contributed by atoms with Crippen LogP contribution in [-0.2, 0) is 0 Å². The van der Waals surface area contributed by atoms with E-state index in [2.05, 4.69) is 9.97 Å². The molecular weight excluding hydrogens is 200 g/mol. The standard InChI is InChI=1S/C9H6N2O2S/c12-9(13)7-5-14-8(11-7)6-3-1-2-4-10-6/h1-5H,(H,12,13)/p-1. The van der Waals surface area contributed by atoms with Gasteiger partial charge < -0.3 is 9.90 Å². The first-order chi connectivity index (χ1) is 6.77. The van der Waals surface area contributed by atoms with Crippen LogP contribution in [0.1, 0.15) is 10.5 Å². The van der Waals surface area contributed by atoms with Gasteiger partial charge in [0.25, 0.3) is 0 Å². The topological polar surface area (TPSA) is 65.9 Å². The third-order valence-electron chi connectivity index (χ3n) is 1.60. The molecule has 0 aromatic carbocycles. The molecule has 70 valence electrons. The summed E-state index contributed by atoms with van der Waals surface area (Å²) < 4.78 is 0. The fraction of sp³-hybridized carbons (Fsp3) is 0. The van der Waals surface area contributed by atoms with E-state index in [0.717, 1.165) is 0 Å². The van der Waals surface area contributed by atoms with E-state index in [1.165, 1.54) is 16.7 Å². The summed E-state index contributed by atoms with van der Waals surface area (Å²) >= 11 is 1.24. The zero-order valence-corrected chi connectivity index (χ0v) is 7.82. The van der Waals surface area contributed by atoms with Gasteiger partial charge in [0.15, 0.2) is 0 Å². The van der Waals surface area contributed by atoms with Crippen LogP contribution >= 0.6 is 11.3 Å². The van der Waals surface area contributed by atoms with Crippen LogP contribution < -0.4 is 5.11 Å². The number of hydrogen-bond donors (Lipinski definition) is 0. The SMILES string of the molecule is O=C([O-])c1csc(-c2ccccn2)n1. The van der Waals surface area contributed by atoms with Gasteiger partial charge in [0.05, 0.1) is 17.4 Å². The number of pyridine rings is 1. The highest BCUT2D eigenvalue weighted by molar-refractivity contribution is 7.13. The average Bonchev–Trinajstić information content (AvgIpc) is 2.68. The first-order valence-electron chi connectivity index (χ1n) is 3.85. The Hall–Kier alpha value is -1.75. The number of carboxylic acids is 1. The lowest BCUT2D eigenvalue weighted by Gasteiger charge is -1.94. The van der Waals surface area contributed by atoms with Gasteiger partial charge in [0.2, 0.25) is 0 Å². The molecule has 5 heteroatoms. The summed E-state index contributed by atoms with van der Waals surface area (Å²) in [6.45, 7) is 0.